The van der Waals surface area contributed by atoms with Crippen molar-refractivity contribution in [1.82, 2.24) is 0 Å². The predicted molar refractivity (Wildman–Crippen MR) is 234 cm³/mol. The van der Waals surface area contributed by atoms with Crippen molar-refractivity contribution in [1.29, 1.82) is 0 Å². The van der Waals surface area contributed by atoms with E-state index in [-0.39, 0.29) is 17.9 Å². The fourth-order valence-electron chi connectivity index (χ4n) is 7.04. The van der Waals surface area contributed by atoms with Gasteiger partial charge in [0.1, 0.15) is 12.0 Å². The first-order valence-electron chi connectivity index (χ1n) is 22.5. The second-order valence-corrected chi connectivity index (χ2v) is 17.6. The Morgan fingerprint density at radius 3 is 1.69 bits per heavy atom. The first kappa shape index (κ1) is 51.1. The Morgan fingerprint density at radius 1 is 0.673 bits per heavy atom. The molecule has 5 heteroatoms. The van der Waals surface area contributed by atoms with E-state index in [2.05, 4.69) is 55.7 Å². The van der Waals surface area contributed by atoms with Crippen LogP contribution < -0.4 is 0 Å². The lowest BCUT2D eigenvalue weighted by atomic mass is 9.67. The van der Waals surface area contributed by atoms with Gasteiger partial charge in [-0.15, -0.1) is 0 Å². The zero-order valence-corrected chi connectivity index (χ0v) is 36.4. The number of carbonyl (C=O) groups excluding carboxylic acids is 1. The van der Waals surface area contributed by atoms with Gasteiger partial charge in [-0.25, -0.2) is 4.39 Å². The van der Waals surface area contributed by atoms with E-state index < -0.39 is 5.41 Å². The molecule has 2 nitrogen and oxygen atoms in total. The first-order chi connectivity index (χ1) is 25.0. The summed E-state index contributed by atoms with van der Waals surface area (Å²) in [6, 6.07) is 0. The molecule has 0 aromatic rings. The zero-order chi connectivity index (χ0) is 38.6. The fourth-order valence-corrected chi connectivity index (χ4v) is 7.38. The largest absolute Gasteiger partial charge is 0.461 e. The molecule has 0 rings (SSSR count). The zero-order valence-electron chi connectivity index (χ0n) is 35.3. The molecule has 0 aliphatic rings. The molecule has 0 bridgehead atoms. The summed E-state index contributed by atoms with van der Waals surface area (Å²) in [5.74, 6) is 0.637. The number of unbranched alkanes of at least 4 members (excludes halogenated alkanes) is 20. The Labute approximate surface area is 328 Å². The second kappa shape index (κ2) is 35.8. The molecule has 0 N–H and O–H groups in total. The van der Waals surface area contributed by atoms with Crippen LogP contribution in [0.5, 0.6) is 0 Å². The number of hydrogen-bond donors (Lipinski definition) is 0. The molecule has 0 fully saturated rings. The van der Waals surface area contributed by atoms with Gasteiger partial charge in [0.15, 0.2) is 0 Å². The smallest absolute Gasteiger partial charge is 0.306 e. The van der Waals surface area contributed by atoms with Crippen molar-refractivity contribution in [2.45, 2.75) is 244 Å². The Bertz CT molecular complexity index is 813. The monoisotopic (exact) mass is 745 g/mol. The third-order valence-corrected chi connectivity index (χ3v) is 11.2. The molecule has 0 heterocycles. The molecule has 0 aliphatic carbocycles. The number of carbonyl (C=O) groups is 1. The van der Waals surface area contributed by atoms with Gasteiger partial charge in [0.05, 0.1) is 7.85 Å². The van der Waals surface area contributed by atoms with Crippen LogP contribution in [0, 0.1) is 5.92 Å². The highest BCUT2D eigenvalue weighted by Gasteiger charge is 2.18. The quantitative estimate of drug-likeness (QED) is 0.0206. The Morgan fingerprint density at radius 2 is 1.13 bits per heavy atom. The van der Waals surface area contributed by atoms with Gasteiger partial charge in [0.2, 0.25) is 0 Å². The molecular formula is C47H87BFO2P. The molecule has 0 amide bonds. The summed E-state index contributed by atoms with van der Waals surface area (Å²) in [4.78, 5) is 12.0. The van der Waals surface area contributed by atoms with Gasteiger partial charge < -0.3 is 4.74 Å². The minimum absolute atomic E-state index is 0.163. The number of ether oxygens (including phenoxy) is 1. The molecule has 4 atom stereocenters. The average Bonchev–Trinajstić information content (AvgIpc) is 3.10. The summed E-state index contributed by atoms with van der Waals surface area (Å²) in [5.41, 5.74) is 1.39. The molecule has 4 unspecified atom stereocenters. The van der Waals surface area contributed by atoms with Crippen LogP contribution in [0.3, 0.4) is 0 Å². The normalized spacial score (nSPS) is 14.9. The summed E-state index contributed by atoms with van der Waals surface area (Å²) in [7, 11) is 8.83. The van der Waals surface area contributed by atoms with Gasteiger partial charge in [-0.3, -0.25) is 4.79 Å². The maximum atomic E-state index is 14.6. The number of esters is 1. The molecule has 0 aromatic heterocycles. The minimum Gasteiger partial charge on any atom is -0.461 e. The van der Waals surface area contributed by atoms with Crippen molar-refractivity contribution in [2.24, 2.45) is 5.92 Å². The van der Waals surface area contributed by atoms with Crippen molar-refractivity contribution >= 4 is 23.1 Å². The highest BCUT2D eigenvalue weighted by atomic mass is 31.0. The van der Waals surface area contributed by atoms with Crippen LogP contribution in [0.25, 0.3) is 0 Å². The van der Waals surface area contributed by atoms with Crippen molar-refractivity contribution in [3.05, 3.63) is 36.5 Å². The molecule has 302 valence electrons. The number of hydrogen-bond acceptors (Lipinski definition) is 2. The van der Waals surface area contributed by atoms with Crippen LogP contribution >= 0.6 is 9.24 Å². The standard InChI is InChI=1S/C47H87BFO2P/c1-6-8-10-12-14-22-29-38-46(5,48)39-31-28-36-44(4)35-25-19-16-18-24-33-43(3)34-26-20-17-21-27-37-45(50)51-42-32-41-47(49,52)40-30-23-15-13-11-9-7-2/h31-32,39,41,43H,4,6-30,33-38,40,42,52H2,1-3,5H3/b39-31-,41-32-. The van der Waals surface area contributed by atoms with E-state index in [1.807, 2.05) is 0 Å². The molecule has 0 saturated heterocycles. The van der Waals surface area contributed by atoms with Crippen molar-refractivity contribution in [2.75, 3.05) is 6.61 Å². The van der Waals surface area contributed by atoms with Crippen molar-refractivity contribution in [3.8, 4) is 0 Å². The Kier molecular flexibility index (Phi) is 35.2. The van der Waals surface area contributed by atoms with Crippen LogP contribution in [0.15, 0.2) is 36.5 Å². The number of halogens is 1. The lowest BCUT2D eigenvalue weighted by molar-refractivity contribution is -0.142. The van der Waals surface area contributed by atoms with Gasteiger partial charge in [-0.1, -0.05) is 221 Å². The van der Waals surface area contributed by atoms with Gasteiger partial charge >= 0.3 is 5.97 Å². The van der Waals surface area contributed by atoms with Gasteiger partial charge in [0.25, 0.3) is 0 Å². The van der Waals surface area contributed by atoms with Crippen molar-refractivity contribution in [3.63, 3.8) is 0 Å². The summed E-state index contributed by atoms with van der Waals surface area (Å²) >= 11 is 0. The molecule has 0 aliphatic heterocycles. The van der Waals surface area contributed by atoms with Crippen LogP contribution in [-0.2, 0) is 9.53 Å². The molecule has 0 saturated carbocycles. The lowest BCUT2D eigenvalue weighted by Gasteiger charge is -2.20. The maximum Gasteiger partial charge on any atom is 0.306 e. The SMILES string of the molecule is [B]C(C)(/C=C\CCC(=C)CCCCCCCC(C)CCCCCCCC(=O)OC/C=C\C(F)(P)CCCCCCCCC)CCCCCCCCC. The van der Waals surface area contributed by atoms with Gasteiger partial charge in [-0.2, -0.15) is 0 Å². The molecule has 52 heavy (non-hydrogen) atoms. The van der Waals surface area contributed by atoms with E-state index in [1.54, 1.807) is 12.2 Å². The van der Waals surface area contributed by atoms with Crippen molar-refractivity contribution < 1.29 is 13.9 Å². The number of allylic oxidation sites excluding steroid dienone is 4. The third kappa shape index (κ3) is 37.4. The fraction of sp³-hybridized carbons (Fsp3) is 0.851. The highest BCUT2D eigenvalue weighted by Crippen LogP contribution is 2.31. The summed E-state index contributed by atoms with van der Waals surface area (Å²) in [5, 5.41) is -1.57. The van der Waals surface area contributed by atoms with Crippen LogP contribution in [0.4, 0.5) is 4.39 Å². The average molecular weight is 745 g/mol. The summed E-state index contributed by atoms with van der Waals surface area (Å²) in [6.45, 7) is 13.6. The molecule has 2 radical (unpaired) electrons. The lowest BCUT2D eigenvalue weighted by Crippen LogP contribution is -2.10. The molecule has 0 spiro atoms. The molecule has 0 aromatic carbocycles. The second-order valence-electron chi connectivity index (χ2n) is 16.7. The predicted octanol–water partition coefficient (Wildman–Crippen LogP) is 16.2. The van der Waals surface area contributed by atoms with Gasteiger partial charge in [0, 0.05) is 6.42 Å². The minimum atomic E-state index is -1.40. The topological polar surface area (TPSA) is 26.3 Å². The van der Waals surface area contributed by atoms with E-state index in [1.165, 1.54) is 153 Å². The van der Waals surface area contributed by atoms with E-state index in [0.29, 0.717) is 12.8 Å². The van der Waals surface area contributed by atoms with Crippen LogP contribution in [0.1, 0.15) is 233 Å². The highest BCUT2D eigenvalue weighted by molar-refractivity contribution is 7.18. The third-order valence-electron chi connectivity index (χ3n) is 10.7. The van der Waals surface area contributed by atoms with Crippen LogP contribution in [0.2, 0.25) is 5.31 Å². The van der Waals surface area contributed by atoms with E-state index in [0.717, 1.165) is 50.9 Å². The maximum absolute atomic E-state index is 14.6. The van der Waals surface area contributed by atoms with E-state index in [9.17, 15) is 9.18 Å². The Hall–Kier alpha value is -0.885. The van der Waals surface area contributed by atoms with Gasteiger partial charge in [-0.05, 0) is 63.0 Å². The first-order valence-corrected chi connectivity index (χ1v) is 23.0. The summed E-state index contributed by atoms with van der Waals surface area (Å²) in [6.07, 6.45) is 45.7. The summed E-state index contributed by atoms with van der Waals surface area (Å²) < 4.78 is 19.9. The van der Waals surface area contributed by atoms with E-state index in [4.69, 9.17) is 12.6 Å². The number of rotatable bonds is 39. The number of alkyl halides is 1. The van der Waals surface area contributed by atoms with E-state index >= 15 is 0 Å². The Balaban J connectivity index is 3.64. The van der Waals surface area contributed by atoms with Crippen LogP contribution in [-0.4, -0.2) is 25.8 Å². The molecular weight excluding hydrogens is 657 g/mol.